The van der Waals surface area contributed by atoms with Gasteiger partial charge < -0.3 is 5.73 Å². The van der Waals surface area contributed by atoms with E-state index in [1.54, 1.807) is 0 Å². The summed E-state index contributed by atoms with van der Waals surface area (Å²) in [7, 11) is 0. The smallest absolute Gasteiger partial charge is 0.0424 e. The average molecular weight is 136 g/mol. The summed E-state index contributed by atoms with van der Waals surface area (Å²) in [6.45, 7) is 0.964. The van der Waals surface area contributed by atoms with Gasteiger partial charge in [0.25, 0.3) is 0 Å². The van der Waals surface area contributed by atoms with Gasteiger partial charge in [-0.2, -0.15) is 0 Å². The van der Waals surface area contributed by atoms with Crippen molar-refractivity contribution in [2.24, 2.45) is 16.6 Å². The zero-order valence-corrected chi connectivity index (χ0v) is 5.96. The van der Waals surface area contributed by atoms with Crippen molar-refractivity contribution in [3.8, 4) is 0 Å². The van der Waals surface area contributed by atoms with E-state index in [0.717, 1.165) is 19.4 Å². The molecule has 1 fully saturated rings. The van der Waals surface area contributed by atoms with Crippen LogP contribution in [-0.2, 0) is 0 Å². The molecule has 0 saturated heterocycles. The Morgan fingerprint density at radius 3 is 2.90 bits per heavy atom. The molecule has 2 nitrogen and oxygen atoms in total. The van der Waals surface area contributed by atoms with Gasteiger partial charge >= 0.3 is 0 Å². The Balaban J connectivity index is 2.04. The third-order valence-electron chi connectivity index (χ3n) is 2.15. The molecule has 0 spiro atoms. The maximum Gasteiger partial charge on any atom is 0.0424 e. The van der Waals surface area contributed by atoms with E-state index in [1.807, 2.05) is 6.21 Å². The van der Waals surface area contributed by atoms with Crippen LogP contribution in [0.25, 0.3) is 0 Å². The molecule has 0 unspecified atom stereocenters. The number of nitrogens with two attached hydrogens (primary N) is 1. The Morgan fingerprint density at radius 2 is 2.40 bits per heavy atom. The van der Waals surface area contributed by atoms with Crippen LogP contribution in [-0.4, -0.2) is 18.8 Å². The molecule has 0 amide bonds. The van der Waals surface area contributed by atoms with Crippen LogP contribution in [0.2, 0.25) is 0 Å². The van der Waals surface area contributed by atoms with Crippen molar-refractivity contribution in [1.29, 1.82) is 0 Å². The molecule has 1 heterocycles. The van der Waals surface area contributed by atoms with Crippen LogP contribution in [0.1, 0.15) is 12.8 Å². The summed E-state index contributed by atoms with van der Waals surface area (Å²) in [4.78, 5) is 4.21. The molecule has 54 valence electrons. The molecular weight excluding hydrogens is 124 g/mol. The van der Waals surface area contributed by atoms with Crippen LogP contribution >= 0.6 is 0 Å². The molecule has 10 heavy (non-hydrogen) atoms. The van der Waals surface area contributed by atoms with Crippen LogP contribution in [0, 0.1) is 5.92 Å². The van der Waals surface area contributed by atoms with Gasteiger partial charge in [-0.25, -0.2) is 0 Å². The topological polar surface area (TPSA) is 38.4 Å². The first-order chi connectivity index (χ1) is 4.88. The lowest BCUT2D eigenvalue weighted by atomic mass is 10.1. The SMILES string of the molecule is N[C@@H]1C[C@H]1C1=CCCN=C1. The van der Waals surface area contributed by atoms with E-state index >= 15 is 0 Å². The highest BCUT2D eigenvalue weighted by molar-refractivity contribution is 5.81. The monoisotopic (exact) mass is 136 g/mol. The van der Waals surface area contributed by atoms with Gasteiger partial charge in [0.05, 0.1) is 0 Å². The third kappa shape index (κ3) is 0.991. The van der Waals surface area contributed by atoms with Crippen LogP contribution in [0.4, 0.5) is 0 Å². The molecule has 0 aromatic rings. The van der Waals surface area contributed by atoms with Crippen molar-refractivity contribution in [3.05, 3.63) is 11.6 Å². The molecule has 1 saturated carbocycles. The predicted octanol–water partition coefficient (Wildman–Crippen LogP) is 0.734. The molecule has 2 aliphatic rings. The summed E-state index contributed by atoms with van der Waals surface area (Å²) in [6, 6.07) is 0.427. The van der Waals surface area contributed by atoms with Crippen LogP contribution in [0.15, 0.2) is 16.6 Å². The minimum absolute atomic E-state index is 0.427. The zero-order valence-electron chi connectivity index (χ0n) is 5.96. The molecule has 2 N–H and O–H groups in total. The summed E-state index contributed by atoms with van der Waals surface area (Å²) in [6.07, 6.45) is 6.53. The van der Waals surface area contributed by atoms with Gasteiger partial charge in [-0.1, -0.05) is 6.08 Å². The van der Waals surface area contributed by atoms with Crippen molar-refractivity contribution in [2.45, 2.75) is 18.9 Å². The largest absolute Gasteiger partial charge is 0.327 e. The van der Waals surface area contributed by atoms with Crippen LogP contribution in [0.3, 0.4) is 0 Å². The van der Waals surface area contributed by atoms with Gasteiger partial charge in [-0.05, 0) is 18.4 Å². The van der Waals surface area contributed by atoms with E-state index < -0.39 is 0 Å². The van der Waals surface area contributed by atoms with Gasteiger partial charge in [0.1, 0.15) is 0 Å². The quantitative estimate of drug-likeness (QED) is 0.567. The van der Waals surface area contributed by atoms with Gasteiger partial charge in [0.15, 0.2) is 0 Å². The van der Waals surface area contributed by atoms with Crippen LogP contribution in [0.5, 0.6) is 0 Å². The zero-order chi connectivity index (χ0) is 6.97. The number of aliphatic imine (C=N–C) groups is 1. The fraction of sp³-hybridized carbons (Fsp3) is 0.625. The van der Waals surface area contributed by atoms with E-state index in [2.05, 4.69) is 11.1 Å². The molecule has 2 rings (SSSR count). The summed E-state index contributed by atoms with van der Waals surface area (Å²) < 4.78 is 0. The Morgan fingerprint density at radius 1 is 1.60 bits per heavy atom. The van der Waals surface area contributed by atoms with E-state index in [0.29, 0.717) is 12.0 Å². The predicted molar refractivity (Wildman–Crippen MR) is 42.1 cm³/mol. The molecule has 1 aliphatic heterocycles. The fourth-order valence-electron chi connectivity index (χ4n) is 1.37. The summed E-state index contributed by atoms with van der Waals surface area (Å²) >= 11 is 0. The number of rotatable bonds is 1. The molecule has 1 aliphatic carbocycles. The van der Waals surface area contributed by atoms with E-state index in [4.69, 9.17) is 5.73 Å². The Bertz CT molecular complexity index is 193. The lowest BCUT2D eigenvalue weighted by Crippen LogP contribution is -2.06. The molecule has 0 radical (unpaired) electrons. The van der Waals surface area contributed by atoms with Crippen molar-refractivity contribution in [3.63, 3.8) is 0 Å². The van der Waals surface area contributed by atoms with Crippen molar-refractivity contribution < 1.29 is 0 Å². The van der Waals surface area contributed by atoms with Crippen molar-refractivity contribution >= 4 is 6.21 Å². The summed E-state index contributed by atoms with van der Waals surface area (Å²) in [5, 5.41) is 0. The number of hydrogen-bond donors (Lipinski definition) is 1. The molecule has 0 aromatic heterocycles. The lowest BCUT2D eigenvalue weighted by molar-refractivity contribution is 0.909. The number of nitrogens with zero attached hydrogens (tertiary/aromatic N) is 1. The van der Waals surface area contributed by atoms with Crippen LogP contribution < -0.4 is 5.73 Å². The van der Waals surface area contributed by atoms with Gasteiger partial charge in [0.2, 0.25) is 0 Å². The molecule has 2 heteroatoms. The standard InChI is InChI=1S/C8H12N2/c9-8-4-7(8)6-2-1-3-10-5-6/h2,5,7-8H,1,3-4,9H2/t7-,8+/m0/s1. The second kappa shape index (κ2) is 2.20. The first kappa shape index (κ1) is 6.10. The summed E-state index contributed by atoms with van der Waals surface area (Å²) in [5.41, 5.74) is 7.07. The second-order valence-corrected chi connectivity index (χ2v) is 3.03. The van der Waals surface area contributed by atoms with Gasteiger partial charge in [-0.15, -0.1) is 0 Å². The molecular formula is C8H12N2. The first-order valence-electron chi connectivity index (χ1n) is 3.83. The molecule has 2 atom stereocenters. The van der Waals surface area contributed by atoms with Crippen molar-refractivity contribution in [2.75, 3.05) is 6.54 Å². The lowest BCUT2D eigenvalue weighted by Gasteiger charge is -2.03. The third-order valence-corrected chi connectivity index (χ3v) is 2.15. The van der Waals surface area contributed by atoms with E-state index in [9.17, 15) is 0 Å². The second-order valence-electron chi connectivity index (χ2n) is 3.03. The highest BCUT2D eigenvalue weighted by atomic mass is 14.8. The highest BCUT2D eigenvalue weighted by Gasteiger charge is 2.35. The Hall–Kier alpha value is -0.630. The van der Waals surface area contributed by atoms with Gasteiger partial charge in [0, 0.05) is 24.7 Å². The number of hydrogen-bond acceptors (Lipinski definition) is 2. The Kier molecular flexibility index (Phi) is 1.34. The van der Waals surface area contributed by atoms with E-state index in [1.165, 1.54) is 5.57 Å². The minimum atomic E-state index is 0.427. The van der Waals surface area contributed by atoms with E-state index in [-0.39, 0.29) is 0 Å². The first-order valence-corrected chi connectivity index (χ1v) is 3.83. The molecule has 0 bridgehead atoms. The maximum atomic E-state index is 5.69. The average Bonchev–Trinajstić information content (AvgIpc) is 2.69. The highest BCUT2D eigenvalue weighted by Crippen LogP contribution is 2.35. The molecule has 0 aromatic carbocycles. The van der Waals surface area contributed by atoms with Crippen molar-refractivity contribution in [1.82, 2.24) is 0 Å². The minimum Gasteiger partial charge on any atom is -0.327 e. The van der Waals surface area contributed by atoms with Gasteiger partial charge in [-0.3, -0.25) is 4.99 Å². The maximum absolute atomic E-state index is 5.69. The number of dihydropyridines is 1. The fourth-order valence-corrected chi connectivity index (χ4v) is 1.37. The normalized spacial score (nSPS) is 37.5. The Labute approximate surface area is 60.8 Å². The summed E-state index contributed by atoms with van der Waals surface area (Å²) in [5.74, 6) is 0.643.